The lowest BCUT2D eigenvalue weighted by molar-refractivity contribution is 0.0600. The molecular formula is C13H14N2O3S2. The lowest BCUT2D eigenvalue weighted by Crippen LogP contribution is -2.03. The second kappa shape index (κ2) is 7.25. The first kappa shape index (κ1) is 14.8. The van der Waals surface area contributed by atoms with Crippen LogP contribution in [0.1, 0.15) is 15.4 Å². The molecule has 0 fully saturated rings. The van der Waals surface area contributed by atoms with Gasteiger partial charge in [0.05, 0.1) is 19.3 Å². The van der Waals surface area contributed by atoms with Crippen LogP contribution in [0.25, 0.3) is 0 Å². The molecule has 5 nitrogen and oxygen atoms in total. The summed E-state index contributed by atoms with van der Waals surface area (Å²) < 4.78 is 11.2. The molecule has 1 aromatic carbocycles. The molecule has 1 heterocycles. The largest absolute Gasteiger partial charge is 0.493 e. The Bertz CT molecular complexity index is 587. The first-order chi connectivity index (χ1) is 9.69. The Labute approximate surface area is 125 Å². The number of aromatic nitrogens is 2. The highest BCUT2D eigenvalue weighted by Gasteiger charge is 2.06. The molecule has 0 saturated carbocycles. The van der Waals surface area contributed by atoms with Crippen LogP contribution in [0.2, 0.25) is 0 Å². The van der Waals surface area contributed by atoms with Crippen molar-refractivity contribution in [2.75, 3.05) is 19.5 Å². The Kier molecular flexibility index (Phi) is 5.37. The van der Waals surface area contributed by atoms with Gasteiger partial charge in [-0.2, -0.15) is 0 Å². The van der Waals surface area contributed by atoms with Gasteiger partial charge in [0.1, 0.15) is 10.8 Å². The Morgan fingerprint density at radius 2 is 2.25 bits per heavy atom. The quantitative estimate of drug-likeness (QED) is 0.464. The minimum atomic E-state index is -0.367. The second-order valence-corrected chi connectivity index (χ2v) is 6.33. The molecule has 0 amide bonds. The van der Waals surface area contributed by atoms with Crippen molar-refractivity contribution in [3.63, 3.8) is 0 Å². The summed E-state index contributed by atoms with van der Waals surface area (Å²) in [7, 11) is 1.36. The third-order valence-corrected chi connectivity index (χ3v) is 4.28. The normalized spacial score (nSPS) is 10.3. The second-order valence-electron chi connectivity index (χ2n) is 3.80. The van der Waals surface area contributed by atoms with E-state index in [1.165, 1.54) is 7.11 Å². The lowest BCUT2D eigenvalue weighted by Gasteiger charge is -2.06. The number of benzene rings is 1. The summed E-state index contributed by atoms with van der Waals surface area (Å²) in [5, 5.41) is 8.93. The molecule has 0 atom stereocenters. The number of carbonyl (C=O) groups is 1. The Hall–Kier alpha value is -1.60. The predicted octanol–water partition coefficient (Wildman–Crippen LogP) is 2.80. The van der Waals surface area contributed by atoms with Crippen LogP contribution < -0.4 is 4.74 Å². The summed E-state index contributed by atoms with van der Waals surface area (Å²) in [5.74, 6) is 1.06. The Morgan fingerprint density at radius 1 is 1.40 bits per heavy atom. The number of aryl methyl sites for hydroxylation is 1. The number of hydrogen-bond acceptors (Lipinski definition) is 7. The minimum Gasteiger partial charge on any atom is -0.493 e. The molecule has 106 valence electrons. The minimum absolute atomic E-state index is 0.367. The van der Waals surface area contributed by atoms with E-state index in [-0.39, 0.29) is 5.97 Å². The van der Waals surface area contributed by atoms with E-state index in [1.807, 2.05) is 13.0 Å². The fraction of sp³-hybridized carbons (Fsp3) is 0.308. The third-order valence-electron chi connectivity index (χ3n) is 2.34. The number of rotatable bonds is 6. The SMILES string of the molecule is COC(=O)c1cccc(OCCSc2nnc(C)s2)c1. The Balaban J connectivity index is 1.80. The molecular weight excluding hydrogens is 296 g/mol. The van der Waals surface area contributed by atoms with Gasteiger partial charge in [-0.25, -0.2) is 4.79 Å². The van der Waals surface area contributed by atoms with E-state index < -0.39 is 0 Å². The number of hydrogen-bond donors (Lipinski definition) is 0. The van der Waals surface area contributed by atoms with E-state index in [0.29, 0.717) is 17.9 Å². The van der Waals surface area contributed by atoms with Gasteiger partial charge in [-0.3, -0.25) is 0 Å². The first-order valence-electron chi connectivity index (χ1n) is 5.93. The van der Waals surface area contributed by atoms with Crippen molar-refractivity contribution in [3.8, 4) is 5.75 Å². The number of esters is 1. The van der Waals surface area contributed by atoms with Crippen LogP contribution in [0.5, 0.6) is 5.75 Å². The average Bonchev–Trinajstić information content (AvgIpc) is 2.88. The molecule has 2 rings (SSSR count). The van der Waals surface area contributed by atoms with E-state index in [1.54, 1.807) is 41.3 Å². The summed E-state index contributed by atoms with van der Waals surface area (Å²) in [5.41, 5.74) is 0.484. The van der Waals surface area contributed by atoms with Gasteiger partial charge in [0.2, 0.25) is 0 Å². The number of thioether (sulfide) groups is 1. The fourth-order valence-electron chi connectivity index (χ4n) is 1.46. The third kappa shape index (κ3) is 4.21. The summed E-state index contributed by atoms with van der Waals surface area (Å²) in [6.45, 7) is 2.46. The molecule has 7 heteroatoms. The fourth-order valence-corrected chi connectivity index (χ4v) is 3.16. The predicted molar refractivity (Wildman–Crippen MR) is 78.6 cm³/mol. The maximum absolute atomic E-state index is 11.4. The van der Waals surface area contributed by atoms with Gasteiger partial charge in [0.15, 0.2) is 4.34 Å². The van der Waals surface area contributed by atoms with E-state index in [2.05, 4.69) is 14.9 Å². The number of methoxy groups -OCH3 is 1. The van der Waals surface area contributed by atoms with Gasteiger partial charge in [0, 0.05) is 5.75 Å². The zero-order chi connectivity index (χ0) is 14.4. The Morgan fingerprint density at radius 3 is 2.95 bits per heavy atom. The maximum atomic E-state index is 11.4. The van der Waals surface area contributed by atoms with Crippen LogP contribution in [0.15, 0.2) is 28.6 Å². The molecule has 1 aromatic heterocycles. The van der Waals surface area contributed by atoms with Crippen LogP contribution in [0, 0.1) is 6.92 Å². The van der Waals surface area contributed by atoms with Gasteiger partial charge in [-0.1, -0.05) is 29.2 Å². The molecule has 2 aromatic rings. The molecule has 0 unspecified atom stereocenters. The van der Waals surface area contributed by atoms with E-state index in [9.17, 15) is 4.79 Å². The molecule has 0 aliphatic heterocycles. The molecule has 0 N–H and O–H groups in total. The van der Waals surface area contributed by atoms with Crippen LogP contribution in [-0.4, -0.2) is 35.6 Å². The molecule has 0 aliphatic rings. The van der Waals surface area contributed by atoms with Crippen molar-refractivity contribution in [1.82, 2.24) is 10.2 Å². The smallest absolute Gasteiger partial charge is 0.337 e. The number of nitrogens with zero attached hydrogens (tertiary/aromatic N) is 2. The van der Waals surface area contributed by atoms with Gasteiger partial charge < -0.3 is 9.47 Å². The molecule has 0 bridgehead atoms. The summed E-state index contributed by atoms with van der Waals surface area (Å²) >= 11 is 3.17. The van der Waals surface area contributed by atoms with Crippen LogP contribution >= 0.6 is 23.1 Å². The zero-order valence-corrected chi connectivity index (χ0v) is 12.8. The monoisotopic (exact) mass is 310 g/mol. The number of carbonyl (C=O) groups excluding carboxylic acids is 1. The lowest BCUT2D eigenvalue weighted by atomic mass is 10.2. The molecule has 0 aliphatic carbocycles. The van der Waals surface area contributed by atoms with Crippen LogP contribution in [-0.2, 0) is 4.74 Å². The van der Waals surface area contributed by atoms with Gasteiger partial charge in [-0.05, 0) is 25.1 Å². The molecule has 20 heavy (non-hydrogen) atoms. The highest BCUT2D eigenvalue weighted by Crippen LogP contribution is 2.22. The number of ether oxygens (including phenoxy) is 2. The first-order valence-corrected chi connectivity index (χ1v) is 7.73. The molecule has 0 spiro atoms. The summed E-state index contributed by atoms with van der Waals surface area (Å²) in [4.78, 5) is 11.4. The topological polar surface area (TPSA) is 61.3 Å². The van der Waals surface area contributed by atoms with Crippen LogP contribution in [0.4, 0.5) is 0 Å². The van der Waals surface area contributed by atoms with Gasteiger partial charge in [0.25, 0.3) is 0 Å². The van der Waals surface area contributed by atoms with Crippen molar-refractivity contribution < 1.29 is 14.3 Å². The van der Waals surface area contributed by atoms with E-state index >= 15 is 0 Å². The van der Waals surface area contributed by atoms with Crippen molar-refractivity contribution in [2.24, 2.45) is 0 Å². The van der Waals surface area contributed by atoms with Crippen molar-refractivity contribution in [2.45, 2.75) is 11.3 Å². The summed E-state index contributed by atoms with van der Waals surface area (Å²) in [6.07, 6.45) is 0. The molecule has 0 radical (unpaired) electrons. The van der Waals surface area contributed by atoms with E-state index in [0.717, 1.165) is 15.1 Å². The average molecular weight is 310 g/mol. The summed E-state index contributed by atoms with van der Waals surface area (Å²) in [6, 6.07) is 6.94. The van der Waals surface area contributed by atoms with Crippen molar-refractivity contribution in [1.29, 1.82) is 0 Å². The zero-order valence-electron chi connectivity index (χ0n) is 11.2. The highest BCUT2D eigenvalue weighted by molar-refractivity contribution is 8.01. The van der Waals surface area contributed by atoms with E-state index in [4.69, 9.17) is 4.74 Å². The molecule has 0 saturated heterocycles. The van der Waals surface area contributed by atoms with Crippen molar-refractivity contribution >= 4 is 29.1 Å². The maximum Gasteiger partial charge on any atom is 0.337 e. The standard InChI is InChI=1S/C13H14N2O3S2/c1-9-14-15-13(20-9)19-7-6-18-11-5-3-4-10(8-11)12(16)17-2/h3-5,8H,6-7H2,1-2H3. The van der Waals surface area contributed by atoms with Crippen LogP contribution in [0.3, 0.4) is 0 Å². The van der Waals surface area contributed by atoms with Gasteiger partial charge >= 0.3 is 5.97 Å². The highest BCUT2D eigenvalue weighted by atomic mass is 32.2. The van der Waals surface area contributed by atoms with Crippen molar-refractivity contribution in [3.05, 3.63) is 34.8 Å². The van der Waals surface area contributed by atoms with Gasteiger partial charge in [-0.15, -0.1) is 10.2 Å².